The fraction of sp³-hybridized carbons (Fsp3) is 0.579. The van der Waals surface area contributed by atoms with Crippen molar-refractivity contribution in [1.82, 2.24) is 14.9 Å². The van der Waals surface area contributed by atoms with E-state index in [1.165, 1.54) is 12.8 Å². The van der Waals surface area contributed by atoms with E-state index in [0.717, 1.165) is 68.1 Å². The second-order valence-corrected chi connectivity index (χ2v) is 7.02. The molecule has 4 rings (SSSR count). The molecule has 1 atom stereocenters. The summed E-state index contributed by atoms with van der Waals surface area (Å²) in [5, 5.41) is 0. The van der Waals surface area contributed by atoms with Crippen molar-refractivity contribution in [3.05, 3.63) is 35.7 Å². The van der Waals surface area contributed by atoms with Gasteiger partial charge in [0.1, 0.15) is 11.9 Å². The number of aromatic nitrogens is 2. The van der Waals surface area contributed by atoms with E-state index >= 15 is 0 Å². The SMILES string of the molecule is Cc1nc(CN2CCC(Oc3cccnc3N3CCCC3)C2)c(C)o1. The van der Waals surface area contributed by atoms with Gasteiger partial charge < -0.3 is 14.1 Å². The van der Waals surface area contributed by atoms with Crippen molar-refractivity contribution in [3.63, 3.8) is 0 Å². The van der Waals surface area contributed by atoms with Gasteiger partial charge in [0, 0.05) is 45.8 Å². The van der Waals surface area contributed by atoms with E-state index in [-0.39, 0.29) is 6.10 Å². The Hall–Kier alpha value is -2.08. The van der Waals surface area contributed by atoms with E-state index in [9.17, 15) is 0 Å². The summed E-state index contributed by atoms with van der Waals surface area (Å²) in [6.45, 7) is 8.81. The number of aryl methyl sites for hydroxylation is 2. The lowest BCUT2D eigenvalue weighted by Crippen LogP contribution is -2.26. The number of pyridine rings is 1. The quantitative estimate of drug-likeness (QED) is 0.833. The summed E-state index contributed by atoms with van der Waals surface area (Å²) in [4.78, 5) is 13.8. The van der Waals surface area contributed by atoms with Crippen LogP contribution in [-0.2, 0) is 6.54 Å². The molecule has 2 aliphatic rings. The molecule has 0 aliphatic carbocycles. The molecule has 0 spiro atoms. The number of likely N-dealkylation sites (tertiary alicyclic amines) is 1. The van der Waals surface area contributed by atoms with Gasteiger partial charge in [-0.05, 0) is 38.3 Å². The van der Waals surface area contributed by atoms with Crippen molar-refractivity contribution in [2.75, 3.05) is 31.1 Å². The van der Waals surface area contributed by atoms with Gasteiger partial charge in [0.25, 0.3) is 0 Å². The van der Waals surface area contributed by atoms with E-state index in [2.05, 4.69) is 25.8 Å². The van der Waals surface area contributed by atoms with E-state index in [1.807, 2.05) is 26.1 Å². The lowest BCUT2D eigenvalue weighted by Gasteiger charge is -2.22. The third kappa shape index (κ3) is 3.63. The predicted molar refractivity (Wildman–Crippen MR) is 96.0 cm³/mol. The first-order valence-corrected chi connectivity index (χ1v) is 9.21. The first kappa shape index (κ1) is 16.4. The molecule has 0 amide bonds. The lowest BCUT2D eigenvalue weighted by atomic mass is 10.3. The van der Waals surface area contributed by atoms with Gasteiger partial charge in [0.15, 0.2) is 17.5 Å². The lowest BCUT2D eigenvalue weighted by molar-refractivity contribution is 0.197. The molecule has 2 saturated heterocycles. The summed E-state index contributed by atoms with van der Waals surface area (Å²) in [5.74, 6) is 3.58. The molecule has 0 N–H and O–H groups in total. The maximum atomic E-state index is 6.33. The maximum absolute atomic E-state index is 6.33. The summed E-state index contributed by atoms with van der Waals surface area (Å²) < 4.78 is 11.9. The Morgan fingerprint density at radius 3 is 2.84 bits per heavy atom. The normalized spacial score (nSPS) is 21.2. The van der Waals surface area contributed by atoms with E-state index in [0.29, 0.717) is 0 Å². The molecule has 2 aromatic heterocycles. The van der Waals surface area contributed by atoms with Crippen LogP contribution in [0.2, 0.25) is 0 Å². The third-order valence-corrected chi connectivity index (χ3v) is 5.05. The fourth-order valence-electron chi connectivity index (χ4n) is 3.79. The van der Waals surface area contributed by atoms with Crippen molar-refractivity contribution in [3.8, 4) is 5.75 Å². The second kappa shape index (κ2) is 7.04. The summed E-state index contributed by atoms with van der Waals surface area (Å²) in [6, 6.07) is 4.01. The molecule has 6 heteroatoms. The van der Waals surface area contributed by atoms with Crippen LogP contribution in [0.25, 0.3) is 0 Å². The first-order chi connectivity index (χ1) is 12.2. The molecule has 0 saturated carbocycles. The number of anilines is 1. The van der Waals surface area contributed by atoms with E-state index in [4.69, 9.17) is 9.15 Å². The van der Waals surface area contributed by atoms with Crippen LogP contribution in [0.1, 0.15) is 36.6 Å². The summed E-state index contributed by atoms with van der Waals surface area (Å²) in [7, 11) is 0. The Kier molecular flexibility index (Phi) is 4.61. The average molecular weight is 342 g/mol. The van der Waals surface area contributed by atoms with Crippen molar-refractivity contribution < 1.29 is 9.15 Å². The molecule has 2 aliphatic heterocycles. The van der Waals surface area contributed by atoms with Crippen LogP contribution in [0.4, 0.5) is 5.82 Å². The Labute approximate surface area is 148 Å². The van der Waals surface area contributed by atoms with Gasteiger partial charge in [-0.3, -0.25) is 4.90 Å². The standard InChI is InChI=1S/C19H26N4O2/c1-14-17(21-15(2)24-14)13-22-11-7-16(12-22)25-18-6-5-8-20-19(18)23-9-3-4-10-23/h5-6,8,16H,3-4,7,9-13H2,1-2H3. The molecule has 4 heterocycles. The van der Waals surface area contributed by atoms with Crippen LogP contribution < -0.4 is 9.64 Å². The van der Waals surface area contributed by atoms with Crippen LogP contribution in [0, 0.1) is 13.8 Å². The zero-order chi connectivity index (χ0) is 17.2. The highest BCUT2D eigenvalue weighted by atomic mass is 16.5. The minimum absolute atomic E-state index is 0.207. The summed E-state index contributed by atoms with van der Waals surface area (Å²) in [5.41, 5.74) is 1.04. The topological polar surface area (TPSA) is 54.6 Å². The Morgan fingerprint density at radius 2 is 2.08 bits per heavy atom. The van der Waals surface area contributed by atoms with Gasteiger partial charge in [-0.2, -0.15) is 0 Å². The molecule has 2 aromatic rings. The minimum Gasteiger partial charge on any atom is -0.485 e. The van der Waals surface area contributed by atoms with Crippen molar-refractivity contribution in [2.24, 2.45) is 0 Å². The largest absolute Gasteiger partial charge is 0.485 e. The number of ether oxygens (including phenoxy) is 1. The number of hydrogen-bond acceptors (Lipinski definition) is 6. The fourth-order valence-corrected chi connectivity index (χ4v) is 3.79. The van der Waals surface area contributed by atoms with Crippen LogP contribution in [0.15, 0.2) is 22.7 Å². The van der Waals surface area contributed by atoms with E-state index in [1.54, 1.807) is 0 Å². The highest BCUT2D eigenvalue weighted by molar-refractivity contribution is 5.52. The zero-order valence-corrected chi connectivity index (χ0v) is 15.1. The number of rotatable bonds is 5. The summed E-state index contributed by atoms with van der Waals surface area (Å²) >= 11 is 0. The van der Waals surface area contributed by atoms with Crippen LogP contribution in [-0.4, -0.2) is 47.2 Å². The highest BCUT2D eigenvalue weighted by Crippen LogP contribution is 2.30. The van der Waals surface area contributed by atoms with Gasteiger partial charge in [-0.25, -0.2) is 9.97 Å². The monoisotopic (exact) mass is 342 g/mol. The maximum Gasteiger partial charge on any atom is 0.191 e. The molecule has 6 nitrogen and oxygen atoms in total. The third-order valence-electron chi connectivity index (χ3n) is 5.05. The van der Waals surface area contributed by atoms with E-state index < -0.39 is 0 Å². The highest BCUT2D eigenvalue weighted by Gasteiger charge is 2.27. The average Bonchev–Trinajstić information content (AvgIpc) is 3.32. The van der Waals surface area contributed by atoms with Crippen LogP contribution >= 0.6 is 0 Å². The number of oxazole rings is 1. The minimum atomic E-state index is 0.207. The van der Waals surface area contributed by atoms with Crippen molar-refractivity contribution >= 4 is 5.82 Å². The molecular weight excluding hydrogens is 316 g/mol. The second-order valence-electron chi connectivity index (χ2n) is 7.02. The Balaban J connectivity index is 1.39. The van der Waals surface area contributed by atoms with Gasteiger partial charge in [0.05, 0.1) is 5.69 Å². The molecule has 134 valence electrons. The molecule has 0 aromatic carbocycles. The Morgan fingerprint density at radius 1 is 1.24 bits per heavy atom. The van der Waals surface area contributed by atoms with Gasteiger partial charge >= 0.3 is 0 Å². The van der Waals surface area contributed by atoms with Crippen molar-refractivity contribution in [1.29, 1.82) is 0 Å². The number of nitrogens with zero attached hydrogens (tertiary/aromatic N) is 4. The molecule has 25 heavy (non-hydrogen) atoms. The van der Waals surface area contributed by atoms with Crippen molar-refractivity contribution in [2.45, 2.75) is 45.8 Å². The predicted octanol–water partition coefficient (Wildman–Crippen LogP) is 2.94. The van der Waals surface area contributed by atoms with Crippen LogP contribution in [0.5, 0.6) is 5.75 Å². The van der Waals surface area contributed by atoms with Gasteiger partial charge in [-0.15, -0.1) is 0 Å². The first-order valence-electron chi connectivity index (χ1n) is 9.21. The summed E-state index contributed by atoms with van der Waals surface area (Å²) in [6.07, 6.45) is 5.58. The number of hydrogen-bond donors (Lipinski definition) is 0. The van der Waals surface area contributed by atoms with Crippen LogP contribution in [0.3, 0.4) is 0 Å². The molecule has 2 fully saturated rings. The molecule has 1 unspecified atom stereocenters. The zero-order valence-electron chi connectivity index (χ0n) is 15.1. The molecular formula is C19H26N4O2. The Bertz CT molecular complexity index is 724. The smallest absolute Gasteiger partial charge is 0.191 e. The van der Waals surface area contributed by atoms with Gasteiger partial charge in [-0.1, -0.05) is 0 Å². The molecule has 0 bridgehead atoms. The molecule has 0 radical (unpaired) electrons. The van der Waals surface area contributed by atoms with Gasteiger partial charge in [0.2, 0.25) is 0 Å².